The van der Waals surface area contributed by atoms with E-state index >= 15 is 0 Å². The number of hydrogen-bond acceptors (Lipinski definition) is 5. The van der Waals surface area contributed by atoms with E-state index in [1.807, 2.05) is 23.6 Å². The Hall–Kier alpha value is -2.12. The van der Waals surface area contributed by atoms with Crippen LogP contribution in [0.1, 0.15) is 5.56 Å². The van der Waals surface area contributed by atoms with E-state index in [9.17, 15) is 0 Å². The summed E-state index contributed by atoms with van der Waals surface area (Å²) in [6.45, 7) is 0.417. The number of aromatic nitrogens is 1. The average molecular weight is 262 g/mol. The van der Waals surface area contributed by atoms with Crippen LogP contribution in [0.4, 0.5) is 10.8 Å². The molecule has 18 heavy (non-hydrogen) atoms. The van der Waals surface area contributed by atoms with E-state index in [4.69, 9.17) is 22.6 Å². The number of guanidine groups is 1. The molecule has 1 heterocycles. The van der Waals surface area contributed by atoms with Crippen LogP contribution >= 0.6 is 11.3 Å². The van der Waals surface area contributed by atoms with E-state index in [0.717, 1.165) is 16.8 Å². The Morgan fingerprint density at radius 3 is 2.83 bits per heavy atom. The number of benzene rings is 1. The minimum atomic E-state index is -0.131. The number of nitrogens with two attached hydrogens (primary N) is 3. The number of nitrogens with zero attached hydrogens (tertiary/aromatic N) is 1. The lowest BCUT2D eigenvalue weighted by molar-refractivity contribution is 1.08. The van der Waals surface area contributed by atoms with Crippen molar-refractivity contribution >= 4 is 28.1 Å². The maximum atomic E-state index is 7.13. The first-order valence-corrected chi connectivity index (χ1v) is 6.13. The van der Waals surface area contributed by atoms with Gasteiger partial charge in [-0.3, -0.25) is 5.41 Å². The summed E-state index contributed by atoms with van der Waals surface area (Å²) in [5.41, 5.74) is 20.0. The van der Waals surface area contributed by atoms with E-state index in [2.05, 4.69) is 10.3 Å². The molecule has 2 aromatic rings. The molecule has 0 bridgehead atoms. The highest BCUT2D eigenvalue weighted by atomic mass is 32.1. The second kappa shape index (κ2) is 5.03. The molecule has 7 heteroatoms. The van der Waals surface area contributed by atoms with Gasteiger partial charge in [-0.2, -0.15) is 0 Å². The molecule has 6 nitrogen and oxygen atoms in total. The van der Waals surface area contributed by atoms with Crippen LogP contribution in [0.15, 0.2) is 23.6 Å². The molecule has 0 aliphatic rings. The lowest BCUT2D eigenvalue weighted by Gasteiger charge is -2.04. The Labute approximate surface area is 108 Å². The van der Waals surface area contributed by atoms with Gasteiger partial charge in [0, 0.05) is 23.2 Å². The van der Waals surface area contributed by atoms with E-state index in [0.29, 0.717) is 17.4 Å². The zero-order valence-electron chi connectivity index (χ0n) is 9.60. The lowest BCUT2D eigenvalue weighted by atomic mass is 10.1. The highest BCUT2D eigenvalue weighted by molar-refractivity contribution is 7.14. The molecule has 0 saturated heterocycles. The van der Waals surface area contributed by atoms with Crippen LogP contribution in [0, 0.1) is 5.41 Å². The molecule has 0 atom stereocenters. The van der Waals surface area contributed by atoms with Gasteiger partial charge in [-0.05, 0) is 11.6 Å². The molecular formula is C11H14N6S. The van der Waals surface area contributed by atoms with Gasteiger partial charge in [-0.1, -0.05) is 12.1 Å². The van der Waals surface area contributed by atoms with Crippen molar-refractivity contribution < 1.29 is 0 Å². The zero-order valence-corrected chi connectivity index (χ0v) is 10.4. The minimum absolute atomic E-state index is 0.131. The fraction of sp³-hybridized carbons (Fsp3) is 0.0909. The molecule has 0 radical (unpaired) electrons. The maximum absolute atomic E-state index is 7.13. The van der Waals surface area contributed by atoms with Crippen molar-refractivity contribution in [1.82, 2.24) is 4.98 Å². The summed E-state index contributed by atoms with van der Waals surface area (Å²) in [5, 5.41) is 12.2. The van der Waals surface area contributed by atoms with Gasteiger partial charge < -0.3 is 22.5 Å². The van der Waals surface area contributed by atoms with Gasteiger partial charge >= 0.3 is 0 Å². The maximum Gasteiger partial charge on any atom is 0.192 e. The first kappa shape index (κ1) is 12.3. The number of hydrogen-bond donors (Lipinski definition) is 5. The van der Waals surface area contributed by atoms with Crippen LogP contribution in [-0.2, 0) is 6.54 Å². The van der Waals surface area contributed by atoms with E-state index in [1.165, 1.54) is 11.3 Å². The Morgan fingerprint density at radius 2 is 2.22 bits per heavy atom. The van der Waals surface area contributed by atoms with E-state index in [1.54, 1.807) is 0 Å². The Bertz CT molecular complexity index is 577. The van der Waals surface area contributed by atoms with Crippen LogP contribution in [-0.4, -0.2) is 10.9 Å². The normalized spacial score (nSPS) is 10.3. The molecular weight excluding hydrogens is 248 g/mol. The van der Waals surface area contributed by atoms with Gasteiger partial charge in [0.05, 0.1) is 5.69 Å². The first-order valence-electron chi connectivity index (χ1n) is 5.25. The largest absolute Gasteiger partial charge is 0.398 e. The van der Waals surface area contributed by atoms with Crippen molar-refractivity contribution in [2.24, 2.45) is 11.5 Å². The number of anilines is 2. The lowest BCUT2D eigenvalue weighted by Crippen LogP contribution is -2.20. The van der Waals surface area contributed by atoms with Crippen LogP contribution in [0.5, 0.6) is 0 Å². The summed E-state index contributed by atoms with van der Waals surface area (Å²) < 4.78 is 0. The minimum Gasteiger partial charge on any atom is -0.398 e. The fourth-order valence-corrected chi connectivity index (χ4v) is 2.25. The highest BCUT2D eigenvalue weighted by Gasteiger charge is 2.06. The SMILES string of the molecule is N=C(N)Nc1nc(-c2ccc(CN)c(N)c2)cs1. The topological polar surface area (TPSA) is 127 Å². The number of thiazole rings is 1. The van der Waals surface area contributed by atoms with E-state index in [-0.39, 0.29) is 5.96 Å². The Balaban J connectivity index is 2.28. The monoisotopic (exact) mass is 262 g/mol. The van der Waals surface area contributed by atoms with Gasteiger partial charge in [0.2, 0.25) is 0 Å². The van der Waals surface area contributed by atoms with E-state index < -0.39 is 0 Å². The predicted molar refractivity (Wildman–Crippen MR) is 75.4 cm³/mol. The van der Waals surface area contributed by atoms with Crippen LogP contribution in [0.25, 0.3) is 11.3 Å². The molecule has 0 spiro atoms. The van der Waals surface area contributed by atoms with Crippen LogP contribution in [0.3, 0.4) is 0 Å². The summed E-state index contributed by atoms with van der Waals surface area (Å²) in [6.07, 6.45) is 0. The summed E-state index contributed by atoms with van der Waals surface area (Å²) >= 11 is 1.38. The van der Waals surface area contributed by atoms with Crippen molar-refractivity contribution in [2.45, 2.75) is 6.54 Å². The third kappa shape index (κ3) is 2.58. The second-order valence-electron chi connectivity index (χ2n) is 3.69. The number of nitrogens with one attached hydrogen (secondary N) is 2. The van der Waals surface area contributed by atoms with Crippen LogP contribution < -0.4 is 22.5 Å². The van der Waals surface area contributed by atoms with Crippen molar-refractivity contribution in [3.8, 4) is 11.3 Å². The molecule has 0 aliphatic carbocycles. The molecule has 0 fully saturated rings. The first-order chi connectivity index (χ1) is 8.60. The van der Waals surface area contributed by atoms with Crippen molar-refractivity contribution in [3.05, 3.63) is 29.1 Å². The Kier molecular flexibility index (Phi) is 3.45. The third-order valence-electron chi connectivity index (χ3n) is 2.41. The van der Waals surface area contributed by atoms with Gasteiger partial charge in [0.15, 0.2) is 11.1 Å². The Morgan fingerprint density at radius 1 is 1.44 bits per heavy atom. The zero-order chi connectivity index (χ0) is 13.1. The summed E-state index contributed by atoms with van der Waals surface area (Å²) in [5.74, 6) is -0.131. The second-order valence-corrected chi connectivity index (χ2v) is 4.55. The molecule has 0 amide bonds. The predicted octanol–water partition coefficient (Wildman–Crippen LogP) is 1.16. The van der Waals surface area contributed by atoms with Gasteiger partial charge in [0.25, 0.3) is 0 Å². The molecule has 0 saturated carbocycles. The third-order valence-corrected chi connectivity index (χ3v) is 3.17. The molecule has 1 aromatic carbocycles. The average Bonchev–Trinajstić information content (AvgIpc) is 2.76. The highest BCUT2D eigenvalue weighted by Crippen LogP contribution is 2.27. The molecule has 2 rings (SSSR count). The standard InChI is InChI=1S/C11H14N6S/c12-4-7-2-1-6(3-8(7)13)9-5-18-11(16-9)17-10(14)15/h1-3,5H,4,12-13H2,(H4,14,15,16,17). The van der Waals surface area contributed by atoms with Gasteiger partial charge in [-0.25, -0.2) is 4.98 Å². The number of nitrogen functional groups attached to an aromatic ring is 1. The van der Waals surface area contributed by atoms with Gasteiger partial charge in [-0.15, -0.1) is 11.3 Å². The quantitative estimate of drug-likeness (QED) is 0.322. The van der Waals surface area contributed by atoms with Gasteiger partial charge in [0.1, 0.15) is 0 Å². The smallest absolute Gasteiger partial charge is 0.192 e. The van der Waals surface area contributed by atoms with Crippen molar-refractivity contribution in [3.63, 3.8) is 0 Å². The van der Waals surface area contributed by atoms with Crippen molar-refractivity contribution in [1.29, 1.82) is 5.41 Å². The molecule has 1 aromatic heterocycles. The molecule has 0 unspecified atom stereocenters. The molecule has 8 N–H and O–H groups in total. The summed E-state index contributed by atoms with van der Waals surface area (Å²) in [6, 6.07) is 5.65. The molecule has 94 valence electrons. The van der Waals surface area contributed by atoms with Crippen LogP contribution in [0.2, 0.25) is 0 Å². The summed E-state index contributed by atoms with van der Waals surface area (Å²) in [7, 11) is 0. The summed E-state index contributed by atoms with van der Waals surface area (Å²) in [4.78, 5) is 4.32. The molecule has 0 aliphatic heterocycles. The van der Waals surface area contributed by atoms with Crippen molar-refractivity contribution in [2.75, 3.05) is 11.1 Å². The fourth-order valence-electron chi connectivity index (χ4n) is 1.52. The number of rotatable bonds is 3.